The fraction of sp³-hybridized carbons (Fsp3) is 0.476. The zero-order chi connectivity index (χ0) is 19.3. The van der Waals surface area contributed by atoms with Gasteiger partial charge in [-0.25, -0.2) is 4.79 Å². The first-order chi connectivity index (χ1) is 12.9. The Morgan fingerprint density at radius 1 is 1.11 bits per heavy atom. The maximum atomic E-state index is 12.1. The van der Waals surface area contributed by atoms with Crippen LogP contribution in [0.25, 0.3) is 10.8 Å². The van der Waals surface area contributed by atoms with Crippen molar-refractivity contribution in [3.63, 3.8) is 0 Å². The molecule has 1 fully saturated rings. The Labute approximate surface area is 160 Å². The number of rotatable bonds is 5. The van der Waals surface area contributed by atoms with Gasteiger partial charge >= 0.3 is 6.09 Å². The summed E-state index contributed by atoms with van der Waals surface area (Å²) in [6.45, 7) is 10.5. The minimum atomic E-state index is -0.539. The number of fused-ring (bicyclic) bond motifs is 1. The lowest BCUT2D eigenvalue weighted by Crippen LogP contribution is -2.38. The molecule has 0 spiro atoms. The third-order valence-electron chi connectivity index (χ3n) is 4.29. The van der Waals surface area contributed by atoms with Crippen molar-refractivity contribution >= 4 is 22.6 Å². The summed E-state index contributed by atoms with van der Waals surface area (Å²) in [4.78, 5) is 14.5. The van der Waals surface area contributed by atoms with Gasteiger partial charge in [0, 0.05) is 30.4 Å². The summed E-state index contributed by atoms with van der Waals surface area (Å²) in [6.07, 6.45) is -0.464. The highest BCUT2D eigenvalue weighted by molar-refractivity contribution is 6.02. The lowest BCUT2D eigenvalue weighted by atomic mass is 10.1. The molecule has 1 N–H and O–H groups in total. The van der Waals surface area contributed by atoms with Crippen LogP contribution in [-0.2, 0) is 9.47 Å². The van der Waals surface area contributed by atoms with Crippen molar-refractivity contribution in [1.29, 1.82) is 0 Å². The summed E-state index contributed by atoms with van der Waals surface area (Å²) < 4.78 is 16.8. The van der Waals surface area contributed by atoms with E-state index in [1.165, 1.54) is 0 Å². The van der Waals surface area contributed by atoms with Crippen molar-refractivity contribution in [2.75, 3.05) is 44.8 Å². The van der Waals surface area contributed by atoms with Gasteiger partial charge in [-0.05, 0) is 32.9 Å². The van der Waals surface area contributed by atoms with Gasteiger partial charge in [-0.3, -0.25) is 10.2 Å². The molecule has 1 aliphatic heterocycles. The monoisotopic (exact) mass is 372 g/mol. The molecule has 0 radical (unpaired) electrons. The van der Waals surface area contributed by atoms with Crippen LogP contribution in [0.3, 0.4) is 0 Å². The Balaban J connectivity index is 1.69. The van der Waals surface area contributed by atoms with Crippen LogP contribution in [0.4, 0.5) is 10.5 Å². The first-order valence-electron chi connectivity index (χ1n) is 9.37. The summed E-state index contributed by atoms with van der Waals surface area (Å²) in [5.74, 6) is 0.814. The number of hydrogen-bond donors (Lipinski definition) is 1. The fourth-order valence-corrected chi connectivity index (χ4v) is 3.03. The van der Waals surface area contributed by atoms with Crippen molar-refractivity contribution in [2.24, 2.45) is 0 Å². The summed E-state index contributed by atoms with van der Waals surface area (Å²) in [5.41, 5.74) is 0.169. The topological polar surface area (TPSA) is 60.0 Å². The van der Waals surface area contributed by atoms with E-state index in [1.807, 2.05) is 57.2 Å². The standard InChI is InChI=1S/C21H28N2O4/c1-21(2,3)27-20(24)22-18-8-9-19(17-7-5-4-6-16(17)18)26-15-12-23-10-13-25-14-11-23/h4-9H,10-15H2,1-3H3,(H,22,24). The molecule has 0 saturated carbocycles. The van der Waals surface area contributed by atoms with Crippen LogP contribution >= 0.6 is 0 Å². The van der Waals surface area contributed by atoms with E-state index in [-0.39, 0.29) is 0 Å². The number of carbonyl (C=O) groups is 1. The number of ether oxygens (including phenoxy) is 3. The van der Waals surface area contributed by atoms with Gasteiger partial charge in [0.2, 0.25) is 0 Å². The molecule has 146 valence electrons. The molecule has 0 atom stereocenters. The van der Waals surface area contributed by atoms with Gasteiger partial charge in [0.1, 0.15) is 18.0 Å². The molecule has 1 heterocycles. The van der Waals surface area contributed by atoms with E-state index in [1.54, 1.807) is 0 Å². The van der Waals surface area contributed by atoms with E-state index >= 15 is 0 Å². The van der Waals surface area contributed by atoms with Crippen molar-refractivity contribution in [3.05, 3.63) is 36.4 Å². The maximum absolute atomic E-state index is 12.1. The molecule has 2 aromatic rings. The molecule has 1 amide bonds. The van der Waals surface area contributed by atoms with Crippen LogP contribution in [0.5, 0.6) is 5.75 Å². The minimum absolute atomic E-state index is 0.464. The zero-order valence-corrected chi connectivity index (χ0v) is 16.3. The van der Waals surface area contributed by atoms with E-state index in [0.29, 0.717) is 12.3 Å². The van der Waals surface area contributed by atoms with E-state index in [0.717, 1.165) is 49.4 Å². The van der Waals surface area contributed by atoms with Crippen molar-refractivity contribution in [3.8, 4) is 5.75 Å². The van der Waals surface area contributed by atoms with Crippen LogP contribution in [-0.4, -0.2) is 56.0 Å². The number of nitrogens with zero attached hydrogens (tertiary/aromatic N) is 1. The third-order valence-corrected chi connectivity index (χ3v) is 4.29. The molecule has 1 aliphatic rings. The van der Waals surface area contributed by atoms with Crippen LogP contribution < -0.4 is 10.1 Å². The Kier molecular flexibility index (Phi) is 6.19. The number of nitrogens with one attached hydrogen (secondary N) is 1. The van der Waals surface area contributed by atoms with E-state index in [4.69, 9.17) is 14.2 Å². The molecule has 6 heteroatoms. The Morgan fingerprint density at radius 3 is 2.52 bits per heavy atom. The first kappa shape index (κ1) is 19.5. The number of benzene rings is 2. The van der Waals surface area contributed by atoms with Gasteiger partial charge in [0.25, 0.3) is 0 Å². The molecule has 0 aliphatic carbocycles. The molecule has 3 rings (SSSR count). The second kappa shape index (κ2) is 8.59. The van der Waals surface area contributed by atoms with Gasteiger partial charge in [-0.2, -0.15) is 0 Å². The van der Waals surface area contributed by atoms with Crippen molar-refractivity contribution in [1.82, 2.24) is 4.90 Å². The largest absolute Gasteiger partial charge is 0.492 e. The van der Waals surface area contributed by atoms with Crippen molar-refractivity contribution < 1.29 is 19.0 Å². The molecule has 6 nitrogen and oxygen atoms in total. The molecule has 0 aromatic heterocycles. The average Bonchev–Trinajstić information content (AvgIpc) is 2.63. The summed E-state index contributed by atoms with van der Waals surface area (Å²) in [6, 6.07) is 11.6. The number of morpholine rings is 1. The Hall–Kier alpha value is -2.31. The van der Waals surface area contributed by atoms with E-state index < -0.39 is 11.7 Å². The molecule has 2 aromatic carbocycles. The number of hydrogen-bond acceptors (Lipinski definition) is 5. The van der Waals surface area contributed by atoms with E-state index in [2.05, 4.69) is 10.2 Å². The average molecular weight is 372 g/mol. The smallest absolute Gasteiger partial charge is 0.412 e. The lowest BCUT2D eigenvalue weighted by molar-refractivity contribution is 0.0323. The van der Waals surface area contributed by atoms with Gasteiger partial charge in [0.05, 0.1) is 18.9 Å². The number of amides is 1. The predicted molar refractivity (Wildman–Crippen MR) is 107 cm³/mol. The molecular formula is C21H28N2O4. The summed E-state index contributed by atoms with van der Waals surface area (Å²) in [5, 5.41) is 4.73. The van der Waals surface area contributed by atoms with Crippen LogP contribution in [0.15, 0.2) is 36.4 Å². The highest BCUT2D eigenvalue weighted by Crippen LogP contribution is 2.32. The molecule has 27 heavy (non-hydrogen) atoms. The second-order valence-corrected chi connectivity index (χ2v) is 7.59. The van der Waals surface area contributed by atoms with Crippen molar-refractivity contribution in [2.45, 2.75) is 26.4 Å². The Bertz CT molecular complexity index is 779. The lowest BCUT2D eigenvalue weighted by Gasteiger charge is -2.26. The number of anilines is 1. The third kappa shape index (κ3) is 5.58. The molecule has 1 saturated heterocycles. The number of carbonyl (C=O) groups excluding carboxylic acids is 1. The van der Waals surface area contributed by atoms with Gasteiger partial charge in [0.15, 0.2) is 0 Å². The van der Waals surface area contributed by atoms with Crippen LogP contribution in [0, 0.1) is 0 Å². The van der Waals surface area contributed by atoms with Crippen LogP contribution in [0.2, 0.25) is 0 Å². The molecule has 0 unspecified atom stereocenters. The Morgan fingerprint density at radius 2 is 1.81 bits per heavy atom. The molecular weight excluding hydrogens is 344 g/mol. The molecule has 0 bridgehead atoms. The zero-order valence-electron chi connectivity index (χ0n) is 16.3. The quantitative estimate of drug-likeness (QED) is 0.863. The van der Waals surface area contributed by atoms with E-state index in [9.17, 15) is 4.79 Å². The fourth-order valence-electron chi connectivity index (χ4n) is 3.03. The summed E-state index contributed by atoms with van der Waals surface area (Å²) in [7, 11) is 0. The van der Waals surface area contributed by atoms with Gasteiger partial charge in [-0.15, -0.1) is 0 Å². The van der Waals surface area contributed by atoms with Crippen LogP contribution in [0.1, 0.15) is 20.8 Å². The predicted octanol–water partition coefficient (Wildman–Crippen LogP) is 3.90. The highest BCUT2D eigenvalue weighted by Gasteiger charge is 2.17. The SMILES string of the molecule is CC(C)(C)OC(=O)Nc1ccc(OCCN2CCOCC2)c2ccccc12. The van der Waals surface area contributed by atoms with Gasteiger partial charge < -0.3 is 14.2 Å². The normalized spacial score (nSPS) is 15.5. The summed E-state index contributed by atoms with van der Waals surface area (Å²) >= 11 is 0. The highest BCUT2D eigenvalue weighted by atomic mass is 16.6. The van der Waals surface area contributed by atoms with Gasteiger partial charge in [-0.1, -0.05) is 24.3 Å². The minimum Gasteiger partial charge on any atom is -0.492 e. The second-order valence-electron chi connectivity index (χ2n) is 7.59. The first-order valence-corrected chi connectivity index (χ1v) is 9.37. The maximum Gasteiger partial charge on any atom is 0.412 e.